The lowest BCUT2D eigenvalue weighted by molar-refractivity contribution is 0.0328. The van der Waals surface area contributed by atoms with Gasteiger partial charge in [-0.25, -0.2) is 0 Å². The molecule has 2 aliphatic rings. The molecule has 0 aromatic carbocycles. The highest BCUT2D eigenvalue weighted by Crippen LogP contribution is 2.12. The average Bonchev–Trinajstić information content (AvgIpc) is 2.74. The standard InChI is InChI=1S/C12H25N3O/c1-13-4-3-12(11-13)14(2)5-6-15-7-9-16-10-8-15/h12H,3-11H2,1-2H3. The fourth-order valence-electron chi connectivity index (χ4n) is 2.58. The quantitative estimate of drug-likeness (QED) is 0.670. The maximum absolute atomic E-state index is 5.36. The molecule has 2 rings (SSSR count). The Morgan fingerprint density at radius 2 is 2.00 bits per heavy atom. The largest absolute Gasteiger partial charge is 0.379 e. The fourth-order valence-corrected chi connectivity index (χ4v) is 2.58. The molecule has 0 aromatic heterocycles. The minimum atomic E-state index is 0.769. The highest BCUT2D eigenvalue weighted by atomic mass is 16.5. The number of ether oxygens (including phenoxy) is 1. The number of hydrogen-bond acceptors (Lipinski definition) is 4. The lowest BCUT2D eigenvalue weighted by atomic mass is 10.2. The van der Waals surface area contributed by atoms with Crippen LogP contribution in [-0.2, 0) is 4.74 Å². The zero-order chi connectivity index (χ0) is 11.4. The SMILES string of the molecule is CN1CCC(N(C)CCN2CCOCC2)C1. The van der Waals surface area contributed by atoms with E-state index in [4.69, 9.17) is 4.74 Å². The van der Waals surface area contributed by atoms with Crippen molar-refractivity contribution in [2.45, 2.75) is 12.5 Å². The highest BCUT2D eigenvalue weighted by Gasteiger charge is 2.23. The van der Waals surface area contributed by atoms with E-state index in [1.165, 1.54) is 32.6 Å². The van der Waals surface area contributed by atoms with Gasteiger partial charge in [-0.3, -0.25) is 4.90 Å². The van der Waals surface area contributed by atoms with Gasteiger partial charge < -0.3 is 14.5 Å². The molecule has 0 radical (unpaired) electrons. The van der Waals surface area contributed by atoms with Crippen LogP contribution in [0.25, 0.3) is 0 Å². The highest BCUT2D eigenvalue weighted by molar-refractivity contribution is 4.80. The van der Waals surface area contributed by atoms with E-state index in [1.807, 2.05) is 0 Å². The van der Waals surface area contributed by atoms with Crippen molar-refractivity contribution in [3.05, 3.63) is 0 Å². The van der Waals surface area contributed by atoms with Gasteiger partial charge in [0.25, 0.3) is 0 Å². The van der Waals surface area contributed by atoms with Crippen molar-refractivity contribution in [3.8, 4) is 0 Å². The first-order chi connectivity index (χ1) is 7.75. The van der Waals surface area contributed by atoms with Gasteiger partial charge in [-0.2, -0.15) is 0 Å². The summed E-state index contributed by atoms with van der Waals surface area (Å²) in [5, 5.41) is 0. The first-order valence-electron chi connectivity index (χ1n) is 6.44. The molecule has 2 saturated heterocycles. The van der Waals surface area contributed by atoms with Crippen LogP contribution in [0.3, 0.4) is 0 Å². The first kappa shape index (κ1) is 12.3. The van der Waals surface area contributed by atoms with Crippen LogP contribution in [0.1, 0.15) is 6.42 Å². The molecule has 4 nitrogen and oxygen atoms in total. The van der Waals surface area contributed by atoms with Crippen LogP contribution in [0.4, 0.5) is 0 Å². The molecule has 2 aliphatic heterocycles. The van der Waals surface area contributed by atoms with Crippen molar-refractivity contribution in [3.63, 3.8) is 0 Å². The molecule has 0 N–H and O–H groups in total. The molecule has 2 heterocycles. The van der Waals surface area contributed by atoms with E-state index in [9.17, 15) is 0 Å². The zero-order valence-corrected chi connectivity index (χ0v) is 10.7. The first-order valence-corrected chi connectivity index (χ1v) is 6.44. The molecule has 1 atom stereocenters. The molecule has 1 unspecified atom stereocenters. The Bertz CT molecular complexity index is 206. The van der Waals surface area contributed by atoms with Gasteiger partial charge in [0.15, 0.2) is 0 Å². The van der Waals surface area contributed by atoms with E-state index in [2.05, 4.69) is 28.8 Å². The number of likely N-dealkylation sites (tertiary alicyclic amines) is 1. The zero-order valence-electron chi connectivity index (χ0n) is 10.7. The van der Waals surface area contributed by atoms with E-state index >= 15 is 0 Å². The minimum Gasteiger partial charge on any atom is -0.379 e. The van der Waals surface area contributed by atoms with Gasteiger partial charge in [0.2, 0.25) is 0 Å². The second kappa shape index (κ2) is 5.96. The van der Waals surface area contributed by atoms with Gasteiger partial charge in [0.1, 0.15) is 0 Å². The second-order valence-corrected chi connectivity index (χ2v) is 5.14. The van der Waals surface area contributed by atoms with E-state index < -0.39 is 0 Å². The van der Waals surface area contributed by atoms with Crippen LogP contribution in [-0.4, -0.2) is 87.3 Å². The van der Waals surface area contributed by atoms with Crippen molar-refractivity contribution in [1.82, 2.24) is 14.7 Å². The van der Waals surface area contributed by atoms with Crippen LogP contribution >= 0.6 is 0 Å². The summed E-state index contributed by atoms with van der Waals surface area (Å²) in [5.74, 6) is 0. The fraction of sp³-hybridized carbons (Fsp3) is 1.00. The summed E-state index contributed by atoms with van der Waals surface area (Å²) in [4.78, 5) is 7.47. The van der Waals surface area contributed by atoms with Gasteiger partial charge in [-0.1, -0.05) is 0 Å². The Kier molecular flexibility index (Phi) is 4.58. The lowest BCUT2D eigenvalue weighted by Crippen LogP contribution is -2.43. The summed E-state index contributed by atoms with van der Waals surface area (Å²) in [6.45, 7) is 8.92. The third kappa shape index (κ3) is 3.42. The van der Waals surface area contributed by atoms with E-state index in [1.54, 1.807) is 0 Å². The average molecular weight is 227 g/mol. The molecule has 2 fully saturated rings. The van der Waals surface area contributed by atoms with Crippen molar-refractivity contribution >= 4 is 0 Å². The topological polar surface area (TPSA) is 19.0 Å². The summed E-state index contributed by atoms with van der Waals surface area (Å²) < 4.78 is 5.36. The van der Waals surface area contributed by atoms with Gasteiger partial charge in [0.05, 0.1) is 13.2 Å². The summed E-state index contributed by atoms with van der Waals surface area (Å²) in [7, 11) is 4.49. The Balaban J connectivity index is 1.64. The predicted molar refractivity (Wildman–Crippen MR) is 65.8 cm³/mol. The molecule has 0 amide bonds. The third-order valence-electron chi connectivity index (χ3n) is 3.86. The van der Waals surface area contributed by atoms with E-state index in [-0.39, 0.29) is 0 Å². The van der Waals surface area contributed by atoms with Crippen LogP contribution < -0.4 is 0 Å². The van der Waals surface area contributed by atoms with Crippen molar-refractivity contribution in [1.29, 1.82) is 0 Å². The molecular formula is C12H25N3O. The van der Waals surface area contributed by atoms with Crippen LogP contribution in [0.15, 0.2) is 0 Å². The molecule has 16 heavy (non-hydrogen) atoms. The molecule has 4 heteroatoms. The summed E-state index contributed by atoms with van der Waals surface area (Å²) in [6, 6.07) is 0.769. The van der Waals surface area contributed by atoms with Crippen molar-refractivity contribution < 1.29 is 4.74 Å². The number of rotatable bonds is 4. The Morgan fingerprint density at radius 1 is 1.25 bits per heavy atom. The number of nitrogens with zero attached hydrogens (tertiary/aromatic N) is 3. The van der Waals surface area contributed by atoms with Gasteiger partial charge >= 0.3 is 0 Å². The second-order valence-electron chi connectivity index (χ2n) is 5.14. The van der Waals surface area contributed by atoms with E-state index in [0.717, 1.165) is 32.3 Å². The van der Waals surface area contributed by atoms with Crippen molar-refractivity contribution in [2.24, 2.45) is 0 Å². The van der Waals surface area contributed by atoms with Gasteiger partial charge in [-0.05, 0) is 27.1 Å². The minimum absolute atomic E-state index is 0.769. The molecule has 94 valence electrons. The molecule has 0 aromatic rings. The van der Waals surface area contributed by atoms with Crippen molar-refractivity contribution in [2.75, 3.05) is 66.6 Å². The summed E-state index contributed by atoms with van der Waals surface area (Å²) >= 11 is 0. The Morgan fingerprint density at radius 3 is 2.62 bits per heavy atom. The predicted octanol–water partition coefficient (Wildman–Crippen LogP) is -0.0455. The molecule has 0 saturated carbocycles. The maximum Gasteiger partial charge on any atom is 0.0594 e. The van der Waals surface area contributed by atoms with Gasteiger partial charge in [0, 0.05) is 38.8 Å². The number of hydrogen-bond donors (Lipinski definition) is 0. The maximum atomic E-state index is 5.36. The molecular weight excluding hydrogens is 202 g/mol. The van der Waals surface area contributed by atoms with Gasteiger partial charge in [-0.15, -0.1) is 0 Å². The summed E-state index contributed by atoms with van der Waals surface area (Å²) in [5.41, 5.74) is 0. The molecule has 0 aliphatic carbocycles. The number of morpholine rings is 1. The van der Waals surface area contributed by atoms with E-state index in [0.29, 0.717) is 0 Å². The van der Waals surface area contributed by atoms with Crippen LogP contribution in [0.2, 0.25) is 0 Å². The number of likely N-dealkylation sites (N-methyl/N-ethyl adjacent to an activating group) is 2. The van der Waals surface area contributed by atoms with Crippen LogP contribution in [0.5, 0.6) is 0 Å². The normalized spacial score (nSPS) is 29.1. The summed E-state index contributed by atoms with van der Waals surface area (Å²) in [6.07, 6.45) is 1.33. The Hall–Kier alpha value is -0.160. The lowest BCUT2D eigenvalue weighted by Gasteiger charge is -2.30. The Labute approximate surface area is 99.1 Å². The van der Waals surface area contributed by atoms with Crippen LogP contribution in [0, 0.1) is 0 Å². The smallest absolute Gasteiger partial charge is 0.0594 e. The third-order valence-corrected chi connectivity index (χ3v) is 3.86. The molecule has 0 spiro atoms. The monoisotopic (exact) mass is 227 g/mol. The molecule has 0 bridgehead atoms.